The SMILES string of the molecule is COCCOC(=O)NC(CCN(CCCCc1ccc2c(n1)NCCC2)CCOC)C(=O)O. The van der Waals surface area contributed by atoms with Crippen molar-refractivity contribution in [3.8, 4) is 0 Å². The predicted octanol–water partition coefficient (Wildman–Crippen LogP) is 1.93. The van der Waals surface area contributed by atoms with E-state index in [1.165, 1.54) is 12.7 Å². The van der Waals surface area contributed by atoms with Gasteiger partial charge in [-0.25, -0.2) is 14.6 Å². The van der Waals surface area contributed by atoms with Gasteiger partial charge >= 0.3 is 12.1 Å². The molecule has 0 saturated heterocycles. The van der Waals surface area contributed by atoms with Crippen LogP contribution < -0.4 is 10.6 Å². The summed E-state index contributed by atoms with van der Waals surface area (Å²) < 4.78 is 14.9. The second-order valence-corrected chi connectivity index (χ2v) is 8.08. The van der Waals surface area contributed by atoms with Crippen molar-refractivity contribution in [2.24, 2.45) is 0 Å². The maximum absolute atomic E-state index is 11.8. The highest BCUT2D eigenvalue weighted by atomic mass is 16.6. The van der Waals surface area contributed by atoms with Crippen LogP contribution in [0.2, 0.25) is 0 Å². The maximum atomic E-state index is 11.8. The van der Waals surface area contributed by atoms with Crippen molar-refractivity contribution in [2.75, 3.05) is 65.5 Å². The molecule has 1 aliphatic rings. The lowest BCUT2D eigenvalue weighted by atomic mass is 10.1. The normalized spacial score (nSPS) is 13.8. The number of aryl methyl sites for hydroxylation is 2. The number of carbonyl (C=O) groups excluding carboxylic acids is 1. The number of aromatic nitrogens is 1. The van der Waals surface area contributed by atoms with Crippen LogP contribution in [0, 0.1) is 0 Å². The Morgan fingerprint density at radius 2 is 1.97 bits per heavy atom. The molecule has 0 fully saturated rings. The molecule has 0 radical (unpaired) electrons. The Morgan fingerprint density at radius 3 is 2.73 bits per heavy atom. The van der Waals surface area contributed by atoms with Gasteiger partial charge in [0.25, 0.3) is 0 Å². The number of alkyl carbamates (subject to hydrolysis) is 1. The molecule has 0 aromatic carbocycles. The monoisotopic (exact) mass is 466 g/mol. The van der Waals surface area contributed by atoms with Crippen LogP contribution in [0.5, 0.6) is 0 Å². The summed E-state index contributed by atoms with van der Waals surface area (Å²) in [7, 11) is 3.14. The highest BCUT2D eigenvalue weighted by Gasteiger charge is 2.21. The van der Waals surface area contributed by atoms with Gasteiger partial charge < -0.3 is 34.9 Å². The summed E-state index contributed by atoms with van der Waals surface area (Å²) in [6.07, 6.45) is 4.60. The van der Waals surface area contributed by atoms with Crippen molar-refractivity contribution in [3.63, 3.8) is 0 Å². The van der Waals surface area contributed by atoms with E-state index in [2.05, 4.69) is 27.7 Å². The van der Waals surface area contributed by atoms with Gasteiger partial charge in [-0.15, -0.1) is 0 Å². The third-order valence-electron chi connectivity index (χ3n) is 5.57. The van der Waals surface area contributed by atoms with E-state index in [9.17, 15) is 14.7 Å². The molecule has 186 valence electrons. The van der Waals surface area contributed by atoms with Gasteiger partial charge in [-0.1, -0.05) is 6.07 Å². The fourth-order valence-electron chi connectivity index (χ4n) is 3.68. The summed E-state index contributed by atoms with van der Waals surface area (Å²) in [6.45, 7) is 3.91. The Kier molecular flexibility index (Phi) is 12.5. The van der Waals surface area contributed by atoms with E-state index < -0.39 is 18.1 Å². The quantitative estimate of drug-likeness (QED) is 0.314. The van der Waals surface area contributed by atoms with Crippen LogP contribution in [0.25, 0.3) is 0 Å². The molecule has 1 aromatic heterocycles. The van der Waals surface area contributed by atoms with Crippen LogP contribution in [0.1, 0.15) is 36.9 Å². The average molecular weight is 467 g/mol. The standard InChI is InChI=1S/C23H38N4O6/c1-31-15-14-27(13-10-20(22(28)29)26-23(30)33-17-16-32-2)12-4-3-7-19-9-8-18-6-5-11-24-21(18)25-19/h8-9,20H,3-7,10-17H2,1-2H3,(H,24,25)(H,26,30)(H,28,29). The summed E-state index contributed by atoms with van der Waals surface area (Å²) in [5, 5.41) is 15.2. The third kappa shape index (κ3) is 10.4. The average Bonchev–Trinajstić information content (AvgIpc) is 2.82. The van der Waals surface area contributed by atoms with Crippen LogP contribution in [0.15, 0.2) is 12.1 Å². The van der Waals surface area contributed by atoms with Crippen molar-refractivity contribution in [2.45, 2.75) is 44.6 Å². The molecule has 1 aromatic rings. The zero-order valence-corrected chi connectivity index (χ0v) is 19.8. The zero-order valence-electron chi connectivity index (χ0n) is 19.8. The Labute approximate surface area is 196 Å². The summed E-state index contributed by atoms with van der Waals surface area (Å²) >= 11 is 0. The number of pyridine rings is 1. The number of anilines is 1. The fraction of sp³-hybridized carbons (Fsp3) is 0.696. The molecule has 1 unspecified atom stereocenters. The highest BCUT2D eigenvalue weighted by Crippen LogP contribution is 2.20. The van der Waals surface area contributed by atoms with Crippen LogP contribution in [-0.4, -0.2) is 93.3 Å². The van der Waals surface area contributed by atoms with Gasteiger partial charge in [-0.3, -0.25) is 0 Å². The van der Waals surface area contributed by atoms with Crippen molar-refractivity contribution in [1.29, 1.82) is 0 Å². The van der Waals surface area contributed by atoms with Crippen LogP contribution in [-0.2, 0) is 31.8 Å². The van der Waals surface area contributed by atoms with E-state index in [1.807, 2.05) is 0 Å². The summed E-state index contributed by atoms with van der Waals surface area (Å²) in [5.74, 6) is -0.0640. The lowest BCUT2D eigenvalue weighted by Crippen LogP contribution is -2.44. The first-order valence-corrected chi connectivity index (χ1v) is 11.6. The van der Waals surface area contributed by atoms with Crippen molar-refractivity contribution in [1.82, 2.24) is 15.2 Å². The first-order chi connectivity index (χ1) is 16.0. The van der Waals surface area contributed by atoms with Gasteiger partial charge in [0.2, 0.25) is 0 Å². The fourth-order valence-corrected chi connectivity index (χ4v) is 3.68. The molecular formula is C23H38N4O6. The minimum atomic E-state index is -1.09. The number of aliphatic carboxylic acids is 1. The first kappa shape index (κ1) is 26.8. The number of fused-ring (bicyclic) bond motifs is 1. The second-order valence-electron chi connectivity index (χ2n) is 8.08. The maximum Gasteiger partial charge on any atom is 0.407 e. The number of hydrogen-bond acceptors (Lipinski definition) is 8. The second kappa shape index (κ2) is 15.4. The zero-order chi connectivity index (χ0) is 23.9. The minimum Gasteiger partial charge on any atom is -0.480 e. The molecular weight excluding hydrogens is 428 g/mol. The van der Waals surface area contributed by atoms with E-state index in [1.54, 1.807) is 7.11 Å². The molecule has 0 saturated carbocycles. The van der Waals surface area contributed by atoms with E-state index in [0.29, 0.717) is 19.7 Å². The van der Waals surface area contributed by atoms with E-state index in [-0.39, 0.29) is 19.6 Å². The molecule has 0 spiro atoms. The third-order valence-corrected chi connectivity index (χ3v) is 5.57. The summed E-state index contributed by atoms with van der Waals surface area (Å²) in [4.78, 5) is 30.3. The predicted molar refractivity (Wildman–Crippen MR) is 125 cm³/mol. The number of amides is 1. The number of nitrogens with one attached hydrogen (secondary N) is 2. The molecule has 1 amide bonds. The van der Waals surface area contributed by atoms with E-state index >= 15 is 0 Å². The van der Waals surface area contributed by atoms with Crippen molar-refractivity contribution < 1.29 is 28.9 Å². The largest absolute Gasteiger partial charge is 0.480 e. The topological polar surface area (TPSA) is 122 Å². The van der Waals surface area contributed by atoms with Gasteiger partial charge in [-0.05, 0) is 56.7 Å². The summed E-state index contributed by atoms with van der Waals surface area (Å²) in [6, 6.07) is 3.27. The highest BCUT2D eigenvalue weighted by molar-refractivity contribution is 5.79. The van der Waals surface area contributed by atoms with Crippen LogP contribution >= 0.6 is 0 Å². The minimum absolute atomic E-state index is 0.0732. The van der Waals surface area contributed by atoms with E-state index in [4.69, 9.17) is 19.2 Å². The molecule has 1 atom stereocenters. The number of carbonyl (C=O) groups is 2. The molecule has 10 heteroatoms. The lowest BCUT2D eigenvalue weighted by molar-refractivity contribution is -0.139. The lowest BCUT2D eigenvalue weighted by Gasteiger charge is -2.24. The molecule has 1 aliphatic heterocycles. The van der Waals surface area contributed by atoms with Crippen LogP contribution in [0.4, 0.5) is 10.6 Å². The van der Waals surface area contributed by atoms with E-state index in [0.717, 1.165) is 56.7 Å². The number of hydrogen-bond donors (Lipinski definition) is 3. The van der Waals surface area contributed by atoms with Gasteiger partial charge in [0.15, 0.2) is 0 Å². The van der Waals surface area contributed by atoms with Crippen molar-refractivity contribution >= 4 is 17.9 Å². The van der Waals surface area contributed by atoms with Gasteiger partial charge in [0.1, 0.15) is 18.5 Å². The van der Waals surface area contributed by atoms with Crippen LogP contribution in [0.3, 0.4) is 0 Å². The molecule has 2 heterocycles. The number of unbranched alkanes of at least 4 members (excludes halogenated alkanes) is 1. The van der Waals surface area contributed by atoms with Gasteiger partial charge in [-0.2, -0.15) is 0 Å². The Morgan fingerprint density at radius 1 is 1.15 bits per heavy atom. The molecule has 10 nitrogen and oxygen atoms in total. The molecule has 0 aliphatic carbocycles. The Hall–Kier alpha value is -2.43. The smallest absolute Gasteiger partial charge is 0.407 e. The molecule has 0 bridgehead atoms. The first-order valence-electron chi connectivity index (χ1n) is 11.6. The molecule has 33 heavy (non-hydrogen) atoms. The Balaban J connectivity index is 1.76. The number of carboxylic acids is 1. The summed E-state index contributed by atoms with van der Waals surface area (Å²) in [5.41, 5.74) is 2.38. The number of methoxy groups -OCH3 is 2. The van der Waals surface area contributed by atoms with Crippen molar-refractivity contribution in [3.05, 3.63) is 23.4 Å². The number of carboxylic acid groups (broad SMARTS) is 1. The Bertz CT molecular complexity index is 733. The number of ether oxygens (including phenoxy) is 3. The molecule has 3 N–H and O–H groups in total. The van der Waals surface area contributed by atoms with Gasteiger partial charge in [0, 0.05) is 39.5 Å². The molecule has 2 rings (SSSR count). The van der Waals surface area contributed by atoms with Gasteiger partial charge in [0.05, 0.1) is 13.2 Å². The number of nitrogens with zero attached hydrogens (tertiary/aromatic N) is 2. The number of rotatable bonds is 16.